The first-order chi connectivity index (χ1) is 10.6. The van der Waals surface area contributed by atoms with Crippen LogP contribution in [0.4, 0.5) is 32.0 Å². The Hall–Kier alpha value is -2.31. The maximum absolute atomic E-state index is 12.8. The van der Waals surface area contributed by atoms with Crippen molar-refractivity contribution >= 4 is 11.4 Å². The monoisotopic (exact) mass is 331 g/mol. The first kappa shape index (κ1) is 17.1. The highest BCUT2D eigenvalue weighted by Gasteiger charge is 2.36. The van der Waals surface area contributed by atoms with Crippen molar-refractivity contribution in [3.63, 3.8) is 0 Å². The molecule has 0 aromatic heterocycles. The summed E-state index contributed by atoms with van der Waals surface area (Å²) in [5, 5.41) is 0. The van der Waals surface area contributed by atoms with Gasteiger partial charge in [0.15, 0.2) is 0 Å². The first-order valence-corrected chi connectivity index (χ1v) is 6.47. The molecule has 23 heavy (non-hydrogen) atoms. The van der Waals surface area contributed by atoms with E-state index in [1.165, 1.54) is 6.92 Å². The summed E-state index contributed by atoms with van der Waals surface area (Å²) in [6.45, 7) is 1.52. The van der Waals surface area contributed by atoms with Gasteiger partial charge in [-0.2, -0.15) is 26.3 Å². The molecular weight excluding hydrogens is 320 g/mol. The van der Waals surface area contributed by atoms with Crippen LogP contribution in [0, 0.1) is 0 Å². The summed E-state index contributed by atoms with van der Waals surface area (Å²) < 4.78 is 76.7. The molecular formula is C16H11F6N. The second-order valence-electron chi connectivity index (χ2n) is 4.83. The Labute approximate surface area is 128 Å². The van der Waals surface area contributed by atoms with Gasteiger partial charge in [-0.25, -0.2) is 0 Å². The number of rotatable bonds is 2. The zero-order valence-electron chi connectivity index (χ0n) is 11.8. The van der Waals surface area contributed by atoms with Gasteiger partial charge in [-0.05, 0) is 30.7 Å². The van der Waals surface area contributed by atoms with Crippen molar-refractivity contribution < 1.29 is 26.3 Å². The van der Waals surface area contributed by atoms with Gasteiger partial charge in [-0.3, -0.25) is 4.99 Å². The Morgan fingerprint density at radius 2 is 1.26 bits per heavy atom. The molecule has 0 spiro atoms. The van der Waals surface area contributed by atoms with E-state index in [-0.39, 0.29) is 6.07 Å². The highest BCUT2D eigenvalue weighted by molar-refractivity contribution is 6.00. The number of aliphatic imine (C=N–C) groups is 1. The van der Waals surface area contributed by atoms with E-state index in [0.717, 1.165) is 0 Å². The van der Waals surface area contributed by atoms with E-state index in [1.54, 1.807) is 30.3 Å². The number of alkyl halides is 6. The quantitative estimate of drug-likeness (QED) is 0.482. The van der Waals surface area contributed by atoms with E-state index in [2.05, 4.69) is 4.99 Å². The Balaban J connectivity index is 2.54. The molecule has 0 aliphatic rings. The number of hydrogen-bond donors (Lipinski definition) is 0. The van der Waals surface area contributed by atoms with Crippen LogP contribution < -0.4 is 0 Å². The third kappa shape index (κ3) is 4.34. The Morgan fingerprint density at radius 3 is 1.70 bits per heavy atom. The maximum atomic E-state index is 12.8. The Bertz CT molecular complexity index is 681. The minimum Gasteiger partial charge on any atom is -0.253 e. The molecule has 0 radical (unpaired) electrons. The maximum Gasteiger partial charge on any atom is 0.416 e. The lowest BCUT2D eigenvalue weighted by Crippen LogP contribution is -2.10. The number of benzene rings is 2. The van der Waals surface area contributed by atoms with Crippen molar-refractivity contribution in [2.24, 2.45) is 4.99 Å². The van der Waals surface area contributed by atoms with Crippen LogP contribution in [0.15, 0.2) is 53.5 Å². The van der Waals surface area contributed by atoms with E-state index in [9.17, 15) is 26.3 Å². The summed E-state index contributed by atoms with van der Waals surface area (Å²) in [7, 11) is 0. The predicted octanol–water partition coefficient (Wildman–Crippen LogP) is 5.86. The standard InChI is InChI=1S/C16H11F6N/c1-10(11-5-3-2-4-6-11)23-14-8-12(15(17,18)19)7-13(9-14)16(20,21)22/h2-9H,1H3. The fourth-order valence-electron chi connectivity index (χ4n) is 1.94. The van der Waals surface area contributed by atoms with Crippen molar-refractivity contribution in [3.8, 4) is 0 Å². The van der Waals surface area contributed by atoms with Crippen LogP contribution in [0.1, 0.15) is 23.6 Å². The fourth-order valence-corrected chi connectivity index (χ4v) is 1.94. The van der Waals surface area contributed by atoms with Crippen LogP contribution in [0.5, 0.6) is 0 Å². The van der Waals surface area contributed by atoms with Crippen LogP contribution in [-0.4, -0.2) is 5.71 Å². The van der Waals surface area contributed by atoms with E-state index < -0.39 is 29.2 Å². The van der Waals surface area contributed by atoms with E-state index >= 15 is 0 Å². The lowest BCUT2D eigenvalue weighted by Gasteiger charge is -2.13. The molecule has 0 saturated carbocycles. The van der Waals surface area contributed by atoms with Gasteiger partial charge in [0.05, 0.1) is 16.8 Å². The molecule has 7 heteroatoms. The highest BCUT2D eigenvalue weighted by atomic mass is 19.4. The lowest BCUT2D eigenvalue weighted by atomic mass is 10.1. The summed E-state index contributed by atoms with van der Waals surface area (Å²) in [4.78, 5) is 3.89. The summed E-state index contributed by atoms with van der Waals surface area (Å²) in [6.07, 6.45) is -9.77. The number of nitrogens with zero attached hydrogens (tertiary/aromatic N) is 1. The van der Waals surface area contributed by atoms with Crippen LogP contribution in [0.25, 0.3) is 0 Å². The molecule has 0 unspecified atom stereocenters. The average Bonchev–Trinajstić information content (AvgIpc) is 2.46. The second-order valence-corrected chi connectivity index (χ2v) is 4.83. The molecule has 122 valence electrons. The molecule has 0 heterocycles. The lowest BCUT2D eigenvalue weighted by molar-refractivity contribution is -0.143. The molecule has 0 N–H and O–H groups in total. The second kappa shape index (κ2) is 6.06. The minimum atomic E-state index is -4.88. The summed E-state index contributed by atoms with van der Waals surface area (Å²) >= 11 is 0. The van der Waals surface area contributed by atoms with Crippen molar-refractivity contribution in [1.29, 1.82) is 0 Å². The molecule has 2 rings (SSSR count). The van der Waals surface area contributed by atoms with Gasteiger partial charge in [0, 0.05) is 5.71 Å². The smallest absolute Gasteiger partial charge is 0.253 e. The molecule has 1 nitrogen and oxygen atoms in total. The molecule has 0 saturated heterocycles. The first-order valence-electron chi connectivity index (χ1n) is 6.47. The van der Waals surface area contributed by atoms with Crippen molar-refractivity contribution in [2.45, 2.75) is 19.3 Å². The molecule has 2 aromatic rings. The van der Waals surface area contributed by atoms with Crippen LogP contribution in [-0.2, 0) is 12.4 Å². The summed E-state index contributed by atoms with van der Waals surface area (Å²) in [6, 6.07) is 9.74. The highest BCUT2D eigenvalue weighted by Crippen LogP contribution is 2.38. The van der Waals surface area contributed by atoms with Crippen molar-refractivity contribution in [2.75, 3.05) is 0 Å². The van der Waals surface area contributed by atoms with Gasteiger partial charge in [0.25, 0.3) is 0 Å². The van der Waals surface area contributed by atoms with E-state index in [4.69, 9.17) is 0 Å². The van der Waals surface area contributed by atoms with Gasteiger partial charge in [0.1, 0.15) is 0 Å². The van der Waals surface area contributed by atoms with Gasteiger partial charge in [-0.1, -0.05) is 30.3 Å². The number of hydrogen-bond acceptors (Lipinski definition) is 1. The van der Waals surface area contributed by atoms with Crippen molar-refractivity contribution in [3.05, 3.63) is 65.2 Å². The molecule has 0 aliphatic carbocycles. The van der Waals surface area contributed by atoms with Gasteiger partial charge >= 0.3 is 12.4 Å². The SMILES string of the molecule is CC(=Nc1cc(C(F)(F)F)cc(C(F)(F)F)c1)c1ccccc1. The molecule has 0 aliphatic heterocycles. The summed E-state index contributed by atoms with van der Waals surface area (Å²) in [5.41, 5.74) is -2.23. The Kier molecular flexibility index (Phi) is 4.49. The predicted molar refractivity (Wildman–Crippen MR) is 74.8 cm³/mol. The van der Waals surface area contributed by atoms with Gasteiger partial charge in [0.2, 0.25) is 0 Å². The van der Waals surface area contributed by atoms with Crippen LogP contribution in [0.2, 0.25) is 0 Å². The molecule has 0 atom stereocenters. The summed E-state index contributed by atoms with van der Waals surface area (Å²) in [5.74, 6) is 0. The average molecular weight is 331 g/mol. The largest absolute Gasteiger partial charge is 0.416 e. The van der Waals surface area contributed by atoms with Gasteiger partial charge < -0.3 is 0 Å². The van der Waals surface area contributed by atoms with Crippen molar-refractivity contribution in [1.82, 2.24) is 0 Å². The van der Waals surface area contributed by atoms with E-state index in [0.29, 0.717) is 23.4 Å². The normalized spacial score (nSPS) is 13.3. The number of halogens is 6. The van der Waals surface area contributed by atoms with Crippen LogP contribution >= 0.6 is 0 Å². The third-order valence-corrected chi connectivity index (χ3v) is 3.06. The molecule has 0 bridgehead atoms. The van der Waals surface area contributed by atoms with E-state index in [1.807, 2.05) is 0 Å². The topological polar surface area (TPSA) is 12.4 Å². The zero-order valence-corrected chi connectivity index (χ0v) is 11.8. The molecule has 0 fully saturated rings. The molecule has 0 amide bonds. The minimum absolute atomic E-state index is 0.0802. The van der Waals surface area contributed by atoms with Crippen LogP contribution in [0.3, 0.4) is 0 Å². The third-order valence-electron chi connectivity index (χ3n) is 3.06. The molecule has 2 aromatic carbocycles. The zero-order chi connectivity index (χ0) is 17.3. The Morgan fingerprint density at radius 1 is 0.783 bits per heavy atom. The fraction of sp³-hybridized carbons (Fsp3) is 0.188. The van der Waals surface area contributed by atoms with Gasteiger partial charge in [-0.15, -0.1) is 0 Å².